The minimum Gasteiger partial charge on any atom is -0.314 e. The Morgan fingerprint density at radius 2 is 0.929 bits per heavy atom. The summed E-state index contributed by atoms with van der Waals surface area (Å²) in [6, 6.07) is 84.2. The fourth-order valence-corrected chi connectivity index (χ4v) is 16.1. The number of hydrogen-bond donors (Lipinski definition) is 0. The Hall–Kier alpha value is -9.50. The van der Waals surface area contributed by atoms with Crippen molar-refractivity contribution in [3.8, 4) is 44.5 Å². The summed E-state index contributed by atoms with van der Waals surface area (Å²) >= 11 is 0. The predicted octanol–water partition coefficient (Wildman–Crippen LogP) is 21.7. The van der Waals surface area contributed by atoms with Crippen molar-refractivity contribution in [1.82, 2.24) is 0 Å². The molecule has 17 rings (SSSR count). The average molecular weight is 1080 g/mol. The molecular formula is C82H64N2. The van der Waals surface area contributed by atoms with E-state index < -0.39 is 0 Å². The summed E-state index contributed by atoms with van der Waals surface area (Å²) in [6.45, 7) is 9.63. The summed E-state index contributed by atoms with van der Waals surface area (Å²) in [5.74, 6) is 0.112. The number of para-hydroxylation sites is 3. The molecule has 6 aliphatic rings. The first-order valence-corrected chi connectivity index (χ1v) is 30.4. The van der Waals surface area contributed by atoms with Gasteiger partial charge in [0.05, 0.1) is 0 Å². The maximum atomic E-state index is 2.62. The van der Waals surface area contributed by atoms with E-state index in [1.54, 1.807) is 0 Å². The second kappa shape index (κ2) is 18.5. The number of allylic oxidation sites excluding steroid dienone is 8. The number of benzene rings is 11. The Morgan fingerprint density at radius 3 is 1.61 bits per heavy atom. The van der Waals surface area contributed by atoms with Gasteiger partial charge in [0.25, 0.3) is 0 Å². The molecule has 402 valence electrons. The molecule has 4 aliphatic carbocycles. The van der Waals surface area contributed by atoms with Crippen molar-refractivity contribution in [1.29, 1.82) is 0 Å². The predicted molar refractivity (Wildman–Crippen MR) is 354 cm³/mol. The number of anilines is 5. The number of rotatable bonds is 6. The first kappa shape index (κ1) is 49.1. The minimum atomic E-state index is -0.141. The molecule has 0 aromatic heterocycles. The molecule has 0 saturated carbocycles. The third-order valence-corrected chi connectivity index (χ3v) is 20.1. The summed E-state index contributed by atoms with van der Waals surface area (Å²) in [7, 11) is 0. The molecule has 0 bridgehead atoms. The summed E-state index contributed by atoms with van der Waals surface area (Å²) in [5, 5.41) is 5.03. The van der Waals surface area contributed by atoms with Crippen LogP contribution in [0.25, 0.3) is 71.6 Å². The molecule has 2 aliphatic heterocycles. The van der Waals surface area contributed by atoms with Gasteiger partial charge in [-0.1, -0.05) is 228 Å². The Balaban J connectivity index is 0.963. The van der Waals surface area contributed by atoms with Crippen LogP contribution in [0.5, 0.6) is 0 Å². The highest BCUT2D eigenvalue weighted by atomic mass is 15.2. The van der Waals surface area contributed by atoms with E-state index in [9.17, 15) is 0 Å². The average Bonchev–Trinajstić information content (AvgIpc) is 3.10. The van der Waals surface area contributed by atoms with Crippen molar-refractivity contribution >= 4 is 55.6 Å². The molecule has 0 amide bonds. The molecule has 11 aromatic rings. The van der Waals surface area contributed by atoms with E-state index in [0.29, 0.717) is 0 Å². The maximum absolute atomic E-state index is 2.62. The van der Waals surface area contributed by atoms with Crippen LogP contribution in [-0.4, -0.2) is 0 Å². The van der Waals surface area contributed by atoms with Crippen molar-refractivity contribution in [3.05, 3.63) is 310 Å². The zero-order valence-corrected chi connectivity index (χ0v) is 48.2. The lowest BCUT2D eigenvalue weighted by Crippen LogP contribution is -2.25. The van der Waals surface area contributed by atoms with E-state index in [2.05, 4.69) is 286 Å². The quantitative estimate of drug-likeness (QED) is 0.153. The van der Waals surface area contributed by atoms with Crippen molar-refractivity contribution in [2.75, 3.05) is 9.80 Å². The van der Waals surface area contributed by atoms with Gasteiger partial charge in [-0.3, -0.25) is 0 Å². The third-order valence-electron chi connectivity index (χ3n) is 20.1. The molecule has 2 heterocycles. The van der Waals surface area contributed by atoms with Gasteiger partial charge in [0.1, 0.15) is 0 Å². The number of hydrogen-bond acceptors (Lipinski definition) is 2. The van der Waals surface area contributed by atoms with Crippen LogP contribution < -0.4 is 9.80 Å². The van der Waals surface area contributed by atoms with Gasteiger partial charge < -0.3 is 9.80 Å². The van der Waals surface area contributed by atoms with Gasteiger partial charge in [-0.15, -0.1) is 0 Å². The van der Waals surface area contributed by atoms with Crippen LogP contribution >= 0.6 is 0 Å². The van der Waals surface area contributed by atoms with Crippen LogP contribution in [0.15, 0.2) is 260 Å². The molecule has 1 atom stereocenters. The lowest BCUT2D eigenvalue weighted by molar-refractivity contribution is 0.658. The summed E-state index contributed by atoms with van der Waals surface area (Å²) < 4.78 is 0. The molecular weight excluding hydrogens is 1010 g/mol. The van der Waals surface area contributed by atoms with Crippen molar-refractivity contribution in [2.24, 2.45) is 0 Å². The van der Waals surface area contributed by atoms with Gasteiger partial charge in [0.2, 0.25) is 0 Å². The van der Waals surface area contributed by atoms with Crippen LogP contribution in [0.1, 0.15) is 103 Å². The van der Waals surface area contributed by atoms with Crippen molar-refractivity contribution in [3.63, 3.8) is 0 Å². The lowest BCUT2D eigenvalue weighted by atomic mass is 9.75. The first-order chi connectivity index (χ1) is 41.2. The minimum absolute atomic E-state index is 0.112. The normalized spacial score (nSPS) is 17.2. The summed E-state index contributed by atoms with van der Waals surface area (Å²) in [5.41, 5.74) is 32.7. The largest absolute Gasteiger partial charge is 0.314 e. The summed E-state index contributed by atoms with van der Waals surface area (Å²) in [4.78, 5) is 5.15. The SMILES string of the molecule is CC1(C)c2ccccc2-c2ccc(-c3ccccc3-c3c4ccc(N5C6=C(C=CCC6)Cc6ccccc65)cc4c(C4=CC=CCC4c4ccc5c(c4)C(C)(C)c4ccccc4-5)c4ccc(N5c6ccccc6Cc6ccccc65)cc34)cc21. The van der Waals surface area contributed by atoms with Crippen LogP contribution in [0.3, 0.4) is 0 Å². The number of fused-ring (bicyclic) bond motifs is 11. The standard InChI is InChI=1S/C82H64N2/c1-81(2)71-31-15-13-27-61(71)63-41-37-51(47-73(63)81)59-25-9-11-29-65(59)79-67-43-39-58(84-77-35-19-7-23-55(77)46-56-24-8-20-36-78(56)84)50-70(67)80(66-30-12-10-26-60(66)52-38-42-64-62-28-14-16-32-72(62)82(3,4)74(64)48-52)68-44-40-57(49-69(68)79)83-75-33-17-5-21-53(75)45-54-22-6-18-34-76(54)83/h5-19,21-25,27-35,37-44,47-50,60H,20,26,36,45-46H2,1-4H3. The molecule has 1 unspecified atom stereocenters. The maximum Gasteiger partial charge on any atom is 0.0497 e. The molecule has 0 radical (unpaired) electrons. The molecule has 0 fully saturated rings. The van der Waals surface area contributed by atoms with Crippen molar-refractivity contribution in [2.45, 2.75) is 76.5 Å². The molecule has 2 nitrogen and oxygen atoms in total. The fraction of sp³-hybridized carbons (Fsp3) is 0.146. The molecule has 0 saturated heterocycles. The van der Waals surface area contributed by atoms with E-state index in [-0.39, 0.29) is 16.7 Å². The molecule has 84 heavy (non-hydrogen) atoms. The van der Waals surface area contributed by atoms with Crippen LogP contribution in [0, 0.1) is 0 Å². The topological polar surface area (TPSA) is 6.48 Å². The van der Waals surface area contributed by atoms with Gasteiger partial charge in [0.15, 0.2) is 0 Å². The Labute approximate surface area is 493 Å². The van der Waals surface area contributed by atoms with E-state index in [4.69, 9.17) is 0 Å². The zero-order chi connectivity index (χ0) is 56.0. The second-order valence-corrected chi connectivity index (χ2v) is 25.3. The highest BCUT2D eigenvalue weighted by molar-refractivity contribution is 6.22. The van der Waals surface area contributed by atoms with Crippen molar-refractivity contribution < 1.29 is 0 Å². The van der Waals surface area contributed by atoms with E-state index in [1.165, 1.54) is 156 Å². The van der Waals surface area contributed by atoms with Gasteiger partial charge >= 0.3 is 0 Å². The first-order valence-electron chi connectivity index (χ1n) is 30.4. The van der Waals surface area contributed by atoms with Gasteiger partial charge in [-0.25, -0.2) is 0 Å². The smallest absolute Gasteiger partial charge is 0.0497 e. The fourth-order valence-electron chi connectivity index (χ4n) is 16.1. The van der Waals surface area contributed by atoms with Gasteiger partial charge in [0, 0.05) is 63.7 Å². The number of nitrogens with zero attached hydrogens (tertiary/aromatic N) is 2. The Kier molecular flexibility index (Phi) is 10.8. The Morgan fingerprint density at radius 1 is 0.405 bits per heavy atom. The Bertz CT molecular complexity index is 4730. The van der Waals surface area contributed by atoms with Gasteiger partial charge in [-0.05, 0) is 195 Å². The molecule has 11 aromatic carbocycles. The molecule has 0 N–H and O–H groups in total. The second-order valence-electron chi connectivity index (χ2n) is 25.3. The van der Waals surface area contributed by atoms with E-state index >= 15 is 0 Å². The van der Waals surface area contributed by atoms with E-state index in [0.717, 1.165) is 37.8 Å². The van der Waals surface area contributed by atoms with E-state index in [1.807, 2.05) is 0 Å². The van der Waals surface area contributed by atoms with Crippen LogP contribution in [-0.2, 0) is 23.7 Å². The third kappa shape index (κ3) is 7.22. The zero-order valence-electron chi connectivity index (χ0n) is 48.2. The molecule has 2 heteroatoms. The highest BCUT2D eigenvalue weighted by Crippen LogP contribution is 2.56. The highest BCUT2D eigenvalue weighted by Gasteiger charge is 2.38. The van der Waals surface area contributed by atoms with Crippen LogP contribution in [0.4, 0.5) is 28.4 Å². The summed E-state index contributed by atoms with van der Waals surface area (Å²) in [6.07, 6.45) is 16.8. The molecule has 0 spiro atoms. The van der Waals surface area contributed by atoms with Gasteiger partial charge in [-0.2, -0.15) is 0 Å². The monoisotopic (exact) mass is 1080 g/mol. The lowest BCUT2D eigenvalue weighted by Gasteiger charge is -2.37. The van der Waals surface area contributed by atoms with Crippen LogP contribution in [0.2, 0.25) is 0 Å².